The Hall–Kier alpha value is -4.90. The number of rotatable bonds is 10. The molecule has 2 aromatic heterocycles. The lowest BCUT2D eigenvalue weighted by Gasteiger charge is -2.30. The number of nitrogens with one attached hydrogen (secondary N) is 1. The van der Waals surface area contributed by atoms with Crippen LogP contribution in [0.4, 0.5) is 8.78 Å². The molecule has 0 aliphatic carbocycles. The second kappa shape index (κ2) is 12.7. The second-order valence-corrected chi connectivity index (χ2v) is 9.90. The minimum atomic E-state index is -1.27. The molecule has 1 atom stereocenters. The number of aromatic nitrogens is 4. The Balaban J connectivity index is 1.45. The summed E-state index contributed by atoms with van der Waals surface area (Å²) >= 11 is 5.96. The van der Waals surface area contributed by atoms with E-state index in [4.69, 9.17) is 16.0 Å². The van der Waals surface area contributed by atoms with E-state index in [-0.39, 0.29) is 30.2 Å². The molecule has 42 heavy (non-hydrogen) atoms. The van der Waals surface area contributed by atoms with E-state index in [1.165, 1.54) is 35.2 Å². The van der Waals surface area contributed by atoms with Gasteiger partial charge >= 0.3 is 0 Å². The van der Waals surface area contributed by atoms with Gasteiger partial charge < -0.3 is 14.6 Å². The van der Waals surface area contributed by atoms with Gasteiger partial charge in [-0.1, -0.05) is 41.9 Å². The van der Waals surface area contributed by atoms with Crippen LogP contribution < -0.4 is 5.32 Å². The summed E-state index contributed by atoms with van der Waals surface area (Å²) in [6.07, 6.45) is 0. The SMILES string of the molecule is Cc1ccc([C@H](C(=O)NCc2ccc(F)cc2)N(Cc2ccccc2F)C(=O)Cn2nnc(-c3ccc(Cl)cc3)n2)o1. The average Bonchev–Trinajstić information content (AvgIpc) is 3.62. The number of tetrazole rings is 1. The molecule has 1 N–H and O–H groups in total. The Bertz CT molecular complexity index is 1690. The van der Waals surface area contributed by atoms with Crippen LogP contribution in [0.1, 0.15) is 28.7 Å². The second-order valence-electron chi connectivity index (χ2n) is 9.46. The van der Waals surface area contributed by atoms with Crippen LogP contribution in [0.3, 0.4) is 0 Å². The topological polar surface area (TPSA) is 106 Å². The normalized spacial score (nSPS) is 11.7. The van der Waals surface area contributed by atoms with Crippen LogP contribution >= 0.6 is 11.6 Å². The van der Waals surface area contributed by atoms with Crippen molar-refractivity contribution in [2.45, 2.75) is 32.6 Å². The Labute approximate surface area is 244 Å². The van der Waals surface area contributed by atoms with E-state index in [0.29, 0.717) is 21.9 Å². The van der Waals surface area contributed by atoms with Crippen molar-refractivity contribution < 1.29 is 22.8 Å². The standard InChI is InChI=1S/C30H25ClF2N6O3/c1-19-6-15-26(42-19)28(30(41)34-16-20-7-13-24(32)14-8-20)38(17-22-4-2-3-5-25(22)33)27(40)18-39-36-29(35-37-39)21-9-11-23(31)12-10-21/h2-15,28H,16-18H2,1H3,(H,34,41)/t28-/m1/s1. The van der Waals surface area contributed by atoms with Crippen molar-refractivity contribution in [2.24, 2.45) is 0 Å². The first-order valence-electron chi connectivity index (χ1n) is 12.9. The fourth-order valence-corrected chi connectivity index (χ4v) is 4.41. The van der Waals surface area contributed by atoms with Crippen LogP contribution in [0.15, 0.2) is 89.3 Å². The van der Waals surface area contributed by atoms with E-state index in [1.54, 1.807) is 61.5 Å². The largest absolute Gasteiger partial charge is 0.464 e. The summed E-state index contributed by atoms with van der Waals surface area (Å²) in [5.41, 5.74) is 1.48. The highest BCUT2D eigenvalue weighted by Crippen LogP contribution is 2.27. The van der Waals surface area contributed by atoms with Gasteiger partial charge in [0.15, 0.2) is 6.04 Å². The van der Waals surface area contributed by atoms with Crippen molar-refractivity contribution in [1.29, 1.82) is 0 Å². The minimum Gasteiger partial charge on any atom is -0.464 e. The maximum absolute atomic E-state index is 14.8. The molecule has 5 rings (SSSR count). The van der Waals surface area contributed by atoms with Gasteiger partial charge in [0, 0.05) is 29.2 Å². The maximum Gasteiger partial charge on any atom is 0.251 e. The van der Waals surface area contributed by atoms with Crippen LogP contribution in [0, 0.1) is 18.6 Å². The van der Waals surface area contributed by atoms with Gasteiger partial charge in [-0.05, 0) is 72.3 Å². The summed E-state index contributed by atoms with van der Waals surface area (Å²) in [5.74, 6) is -1.14. The van der Waals surface area contributed by atoms with Crippen molar-refractivity contribution >= 4 is 23.4 Å². The number of furan rings is 1. The predicted molar refractivity (Wildman–Crippen MR) is 150 cm³/mol. The van der Waals surface area contributed by atoms with Crippen LogP contribution in [0.5, 0.6) is 0 Å². The van der Waals surface area contributed by atoms with Crippen LogP contribution in [-0.4, -0.2) is 36.9 Å². The number of carbonyl (C=O) groups is 2. The maximum atomic E-state index is 14.8. The van der Waals surface area contributed by atoms with Crippen molar-refractivity contribution in [3.05, 3.63) is 124 Å². The van der Waals surface area contributed by atoms with Crippen molar-refractivity contribution in [1.82, 2.24) is 30.4 Å². The third-order valence-electron chi connectivity index (χ3n) is 6.42. The van der Waals surface area contributed by atoms with Gasteiger partial charge in [-0.2, -0.15) is 4.80 Å². The van der Waals surface area contributed by atoms with Gasteiger partial charge in [0.05, 0.1) is 0 Å². The number of hydrogen-bond donors (Lipinski definition) is 1. The molecule has 2 amide bonds. The molecule has 214 valence electrons. The van der Waals surface area contributed by atoms with Crippen molar-refractivity contribution in [3.63, 3.8) is 0 Å². The Kier molecular flexibility index (Phi) is 8.68. The lowest BCUT2D eigenvalue weighted by atomic mass is 10.1. The predicted octanol–water partition coefficient (Wildman–Crippen LogP) is 5.26. The molecule has 0 saturated carbocycles. The van der Waals surface area contributed by atoms with Gasteiger partial charge in [0.2, 0.25) is 11.7 Å². The van der Waals surface area contributed by atoms with E-state index in [1.807, 2.05) is 0 Å². The molecule has 0 fully saturated rings. The molecule has 0 bridgehead atoms. The number of halogens is 3. The molecule has 2 heterocycles. The summed E-state index contributed by atoms with van der Waals surface area (Å²) in [7, 11) is 0. The highest BCUT2D eigenvalue weighted by molar-refractivity contribution is 6.30. The molecule has 0 unspecified atom stereocenters. The molecule has 0 radical (unpaired) electrons. The summed E-state index contributed by atoms with van der Waals surface area (Å²) in [6, 6.07) is 20.4. The van der Waals surface area contributed by atoms with Crippen molar-refractivity contribution in [2.75, 3.05) is 0 Å². The van der Waals surface area contributed by atoms with Gasteiger partial charge in [-0.15, -0.1) is 10.2 Å². The molecule has 0 aliphatic heterocycles. The first-order chi connectivity index (χ1) is 20.3. The van der Waals surface area contributed by atoms with Crippen LogP contribution in [0.2, 0.25) is 5.02 Å². The monoisotopic (exact) mass is 590 g/mol. The number of hydrogen-bond acceptors (Lipinski definition) is 6. The van der Waals surface area contributed by atoms with Gasteiger partial charge in [-0.25, -0.2) is 8.78 Å². The summed E-state index contributed by atoms with van der Waals surface area (Å²) in [6.45, 7) is 1.12. The molecule has 3 aromatic carbocycles. The summed E-state index contributed by atoms with van der Waals surface area (Å²) in [5, 5.41) is 15.6. The van der Waals surface area contributed by atoms with Crippen molar-refractivity contribution in [3.8, 4) is 11.4 Å². The third-order valence-corrected chi connectivity index (χ3v) is 6.67. The molecule has 0 aliphatic rings. The molecule has 9 nitrogen and oxygen atoms in total. The molecule has 5 aromatic rings. The first-order valence-corrected chi connectivity index (χ1v) is 13.3. The van der Waals surface area contributed by atoms with Gasteiger partial charge in [0.25, 0.3) is 5.91 Å². The van der Waals surface area contributed by atoms with E-state index < -0.39 is 36.0 Å². The Morgan fingerprint density at radius 2 is 1.74 bits per heavy atom. The number of carbonyl (C=O) groups excluding carboxylic acids is 2. The third kappa shape index (κ3) is 6.87. The number of aryl methyl sites for hydroxylation is 1. The number of amides is 2. The summed E-state index contributed by atoms with van der Waals surface area (Å²) < 4.78 is 34.0. The lowest BCUT2D eigenvalue weighted by Crippen LogP contribution is -2.44. The van der Waals surface area contributed by atoms with Crippen LogP contribution in [-0.2, 0) is 29.2 Å². The minimum absolute atomic E-state index is 0.0616. The van der Waals surface area contributed by atoms with E-state index in [9.17, 15) is 18.4 Å². The smallest absolute Gasteiger partial charge is 0.251 e. The Morgan fingerprint density at radius 1 is 1.00 bits per heavy atom. The van der Waals surface area contributed by atoms with Gasteiger partial charge in [-0.3, -0.25) is 9.59 Å². The van der Waals surface area contributed by atoms with Gasteiger partial charge in [0.1, 0.15) is 29.7 Å². The molecule has 0 saturated heterocycles. The highest BCUT2D eigenvalue weighted by Gasteiger charge is 2.35. The van der Waals surface area contributed by atoms with E-state index >= 15 is 0 Å². The van der Waals surface area contributed by atoms with E-state index in [2.05, 4.69) is 20.7 Å². The quantitative estimate of drug-likeness (QED) is 0.238. The average molecular weight is 591 g/mol. The fraction of sp³-hybridized carbons (Fsp3) is 0.167. The first kappa shape index (κ1) is 28.6. The summed E-state index contributed by atoms with van der Waals surface area (Å²) in [4.78, 5) is 29.8. The highest BCUT2D eigenvalue weighted by atomic mass is 35.5. The number of nitrogens with zero attached hydrogens (tertiary/aromatic N) is 5. The lowest BCUT2D eigenvalue weighted by molar-refractivity contribution is -0.143. The molecule has 0 spiro atoms. The molecular weight excluding hydrogens is 566 g/mol. The zero-order valence-corrected chi connectivity index (χ0v) is 23.1. The fourth-order valence-electron chi connectivity index (χ4n) is 4.28. The van der Waals surface area contributed by atoms with E-state index in [0.717, 1.165) is 4.80 Å². The zero-order chi connectivity index (χ0) is 29.6. The van der Waals surface area contributed by atoms with Crippen LogP contribution in [0.25, 0.3) is 11.4 Å². The Morgan fingerprint density at radius 3 is 2.43 bits per heavy atom. The zero-order valence-electron chi connectivity index (χ0n) is 22.4. The molecular formula is C30H25ClF2N6O3. The molecule has 12 heteroatoms. The number of benzene rings is 3.